The molecule has 1 rings (SSSR count). The maximum absolute atomic E-state index is 9.83. The van der Waals surface area contributed by atoms with E-state index in [0.29, 0.717) is 0 Å². The predicted octanol–water partition coefficient (Wildman–Crippen LogP) is 1.45. The predicted molar refractivity (Wildman–Crippen MR) is 48.9 cm³/mol. The minimum atomic E-state index is -0.519. The smallest absolute Gasteiger partial charge is 0.0797 e. The van der Waals surface area contributed by atoms with E-state index in [1.807, 2.05) is 6.92 Å². The van der Waals surface area contributed by atoms with E-state index < -0.39 is 5.60 Å². The molecule has 0 amide bonds. The normalized spacial score (nSPS) is 24.3. The van der Waals surface area contributed by atoms with Gasteiger partial charge in [-0.3, -0.25) is 0 Å². The molecule has 0 radical (unpaired) electrons. The van der Waals surface area contributed by atoms with E-state index in [1.54, 1.807) is 0 Å². The van der Waals surface area contributed by atoms with Gasteiger partial charge in [0.05, 0.1) is 5.60 Å². The van der Waals surface area contributed by atoms with Crippen LogP contribution in [0.5, 0.6) is 0 Å². The molecular formula is C8H18ClNO. The fourth-order valence-corrected chi connectivity index (χ4v) is 1.74. The lowest BCUT2D eigenvalue weighted by Gasteiger charge is -2.28. The van der Waals surface area contributed by atoms with Gasteiger partial charge < -0.3 is 10.8 Å². The Morgan fingerprint density at radius 2 is 1.91 bits per heavy atom. The van der Waals surface area contributed by atoms with Gasteiger partial charge in [-0.05, 0) is 19.3 Å². The van der Waals surface area contributed by atoms with Crippen molar-refractivity contribution in [2.75, 3.05) is 0 Å². The maximum atomic E-state index is 9.83. The van der Waals surface area contributed by atoms with Crippen LogP contribution in [0.3, 0.4) is 0 Å². The molecule has 1 aliphatic rings. The molecule has 2 nitrogen and oxygen atoms in total. The lowest BCUT2D eigenvalue weighted by Crippen LogP contribution is -2.45. The van der Waals surface area contributed by atoms with Crippen molar-refractivity contribution in [2.45, 2.75) is 50.7 Å². The zero-order chi connectivity index (χ0) is 7.61. The van der Waals surface area contributed by atoms with Gasteiger partial charge in [0.1, 0.15) is 0 Å². The summed E-state index contributed by atoms with van der Waals surface area (Å²) in [4.78, 5) is 0. The lowest BCUT2D eigenvalue weighted by atomic mass is 9.91. The molecule has 0 aromatic heterocycles. The molecular weight excluding hydrogens is 162 g/mol. The summed E-state index contributed by atoms with van der Waals surface area (Å²) in [6.07, 6.45) is 4.98. The molecule has 0 unspecified atom stereocenters. The van der Waals surface area contributed by atoms with Crippen LogP contribution in [0.15, 0.2) is 0 Å². The Kier molecular flexibility index (Phi) is 4.37. The van der Waals surface area contributed by atoms with E-state index in [-0.39, 0.29) is 18.4 Å². The summed E-state index contributed by atoms with van der Waals surface area (Å²) in [5.41, 5.74) is 5.24. The molecule has 0 heterocycles. The molecule has 3 heteroatoms. The quantitative estimate of drug-likeness (QED) is 0.674. The van der Waals surface area contributed by atoms with Crippen molar-refractivity contribution >= 4 is 12.4 Å². The summed E-state index contributed by atoms with van der Waals surface area (Å²) in [5, 5.41) is 9.83. The number of aliphatic hydroxyl groups is 1. The van der Waals surface area contributed by atoms with Gasteiger partial charge in [-0.1, -0.05) is 19.8 Å². The van der Waals surface area contributed by atoms with Crippen molar-refractivity contribution in [3.05, 3.63) is 0 Å². The Morgan fingerprint density at radius 3 is 2.27 bits per heavy atom. The van der Waals surface area contributed by atoms with Crippen LogP contribution in [-0.2, 0) is 0 Å². The SMILES string of the molecule is CC[C@H](N)C1(O)CCCC1.Cl. The fraction of sp³-hybridized carbons (Fsp3) is 1.00. The number of hydrogen-bond acceptors (Lipinski definition) is 2. The van der Waals surface area contributed by atoms with E-state index in [1.165, 1.54) is 0 Å². The van der Waals surface area contributed by atoms with Gasteiger partial charge in [-0.15, -0.1) is 12.4 Å². The van der Waals surface area contributed by atoms with Crippen LogP contribution in [-0.4, -0.2) is 16.7 Å². The largest absolute Gasteiger partial charge is 0.388 e. The Hall–Kier alpha value is 0.210. The molecule has 11 heavy (non-hydrogen) atoms. The number of rotatable bonds is 2. The van der Waals surface area contributed by atoms with Crippen LogP contribution in [0.1, 0.15) is 39.0 Å². The van der Waals surface area contributed by atoms with E-state index in [4.69, 9.17) is 5.73 Å². The summed E-state index contributed by atoms with van der Waals surface area (Å²) in [7, 11) is 0. The number of halogens is 1. The van der Waals surface area contributed by atoms with E-state index in [0.717, 1.165) is 32.1 Å². The van der Waals surface area contributed by atoms with E-state index >= 15 is 0 Å². The second-order valence-corrected chi connectivity index (χ2v) is 3.33. The van der Waals surface area contributed by atoms with Crippen LogP contribution in [0.2, 0.25) is 0 Å². The Bertz CT molecular complexity index is 113. The highest BCUT2D eigenvalue weighted by Crippen LogP contribution is 2.32. The molecule has 0 aromatic rings. The molecule has 0 saturated heterocycles. The maximum Gasteiger partial charge on any atom is 0.0797 e. The third kappa shape index (κ3) is 2.32. The number of hydrogen-bond donors (Lipinski definition) is 2. The van der Waals surface area contributed by atoms with Crippen LogP contribution in [0.4, 0.5) is 0 Å². The summed E-state index contributed by atoms with van der Waals surface area (Å²) < 4.78 is 0. The third-order valence-corrected chi connectivity index (χ3v) is 2.60. The second-order valence-electron chi connectivity index (χ2n) is 3.33. The van der Waals surface area contributed by atoms with Gasteiger partial charge in [-0.25, -0.2) is 0 Å². The van der Waals surface area contributed by atoms with Crippen molar-refractivity contribution in [1.82, 2.24) is 0 Å². The van der Waals surface area contributed by atoms with Gasteiger partial charge in [0.15, 0.2) is 0 Å². The zero-order valence-electron chi connectivity index (χ0n) is 7.05. The van der Waals surface area contributed by atoms with Crippen molar-refractivity contribution < 1.29 is 5.11 Å². The average molecular weight is 180 g/mol. The number of nitrogens with two attached hydrogens (primary N) is 1. The Labute approximate surface area is 74.6 Å². The molecule has 1 saturated carbocycles. The highest BCUT2D eigenvalue weighted by atomic mass is 35.5. The molecule has 0 aliphatic heterocycles. The first-order chi connectivity index (χ1) is 4.69. The van der Waals surface area contributed by atoms with Crippen LogP contribution in [0, 0.1) is 0 Å². The average Bonchev–Trinajstić information content (AvgIpc) is 2.36. The van der Waals surface area contributed by atoms with Crippen molar-refractivity contribution in [2.24, 2.45) is 5.73 Å². The lowest BCUT2D eigenvalue weighted by molar-refractivity contribution is 0.0199. The first-order valence-electron chi connectivity index (χ1n) is 4.17. The molecule has 0 bridgehead atoms. The molecule has 3 N–H and O–H groups in total. The van der Waals surface area contributed by atoms with Crippen molar-refractivity contribution in [3.63, 3.8) is 0 Å². The standard InChI is InChI=1S/C8H17NO.ClH/c1-2-7(9)8(10)5-3-4-6-8;/h7,10H,2-6,9H2,1H3;1H/t7-;/m0./s1. The first-order valence-corrected chi connectivity index (χ1v) is 4.17. The Balaban J connectivity index is 0.000001000. The summed E-state index contributed by atoms with van der Waals surface area (Å²) in [6, 6.07) is -0.00463. The highest BCUT2D eigenvalue weighted by molar-refractivity contribution is 5.85. The monoisotopic (exact) mass is 179 g/mol. The molecule has 1 aliphatic carbocycles. The van der Waals surface area contributed by atoms with Crippen LogP contribution >= 0.6 is 12.4 Å². The van der Waals surface area contributed by atoms with Gasteiger partial charge in [-0.2, -0.15) is 0 Å². The van der Waals surface area contributed by atoms with E-state index in [9.17, 15) is 5.11 Å². The topological polar surface area (TPSA) is 46.2 Å². The Morgan fingerprint density at radius 1 is 1.45 bits per heavy atom. The van der Waals surface area contributed by atoms with E-state index in [2.05, 4.69) is 0 Å². The molecule has 0 spiro atoms. The zero-order valence-corrected chi connectivity index (χ0v) is 7.86. The van der Waals surface area contributed by atoms with Gasteiger partial charge in [0.25, 0.3) is 0 Å². The van der Waals surface area contributed by atoms with Crippen LogP contribution < -0.4 is 5.73 Å². The molecule has 68 valence electrons. The highest BCUT2D eigenvalue weighted by Gasteiger charge is 2.35. The molecule has 1 fully saturated rings. The first kappa shape index (κ1) is 11.2. The van der Waals surface area contributed by atoms with Gasteiger partial charge in [0, 0.05) is 6.04 Å². The summed E-state index contributed by atoms with van der Waals surface area (Å²) in [6.45, 7) is 2.03. The van der Waals surface area contributed by atoms with Crippen molar-refractivity contribution in [1.29, 1.82) is 0 Å². The minimum Gasteiger partial charge on any atom is -0.388 e. The summed E-state index contributed by atoms with van der Waals surface area (Å²) in [5.74, 6) is 0. The van der Waals surface area contributed by atoms with Crippen molar-refractivity contribution in [3.8, 4) is 0 Å². The van der Waals surface area contributed by atoms with Gasteiger partial charge in [0.2, 0.25) is 0 Å². The molecule has 0 aromatic carbocycles. The van der Waals surface area contributed by atoms with Gasteiger partial charge >= 0.3 is 0 Å². The minimum absolute atomic E-state index is 0. The third-order valence-electron chi connectivity index (χ3n) is 2.60. The summed E-state index contributed by atoms with van der Waals surface area (Å²) >= 11 is 0. The molecule has 1 atom stereocenters. The van der Waals surface area contributed by atoms with Crippen LogP contribution in [0.25, 0.3) is 0 Å². The second kappa shape index (κ2) is 4.29. The fourth-order valence-electron chi connectivity index (χ4n) is 1.74.